The Hall–Kier alpha value is -0.930. The maximum absolute atomic E-state index is 13.5. The summed E-state index contributed by atoms with van der Waals surface area (Å²) < 4.78 is 0. The van der Waals surface area contributed by atoms with Crippen molar-refractivity contribution >= 4 is 5.78 Å². The third-order valence-corrected chi connectivity index (χ3v) is 10.2. The van der Waals surface area contributed by atoms with Gasteiger partial charge in [-0.15, -0.1) is 0 Å². The second-order valence-electron chi connectivity index (χ2n) is 12.3. The Bertz CT molecular complexity index is 779. The molecule has 2 N–H and O–H groups in total. The largest absolute Gasteiger partial charge is 0.393 e. The Morgan fingerprint density at radius 2 is 1.87 bits per heavy atom. The topological polar surface area (TPSA) is 57.5 Å². The zero-order chi connectivity index (χ0) is 22.7. The van der Waals surface area contributed by atoms with E-state index in [0.29, 0.717) is 36.5 Å². The molecule has 4 aliphatic carbocycles. The molecule has 0 aromatic carbocycles. The summed E-state index contributed by atoms with van der Waals surface area (Å²) in [4.78, 5) is 13.5. The van der Waals surface area contributed by atoms with Gasteiger partial charge in [0.15, 0.2) is 5.78 Å². The number of Topliss-reactive ketones (excluding diaryl/α,β-unsaturated/α-hetero) is 1. The van der Waals surface area contributed by atoms with E-state index in [-0.39, 0.29) is 28.6 Å². The van der Waals surface area contributed by atoms with Gasteiger partial charge in [-0.3, -0.25) is 4.79 Å². The predicted octanol–water partition coefficient (Wildman–Crippen LogP) is 5.85. The fourth-order valence-corrected chi connectivity index (χ4v) is 8.16. The summed E-state index contributed by atoms with van der Waals surface area (Å²) in [6.45, 7) is 15.7. The van der Waals surface area contributed by atoms with Gasteiger partial charge in [0.1, 0.15) is 0 Å². The number of aliphatic hydroxyl groups excluding tert-OH is 2. The summed E-state index contributed by atoms with van der Waals surface area (Å²) in [6, 6.07) is 0. The maximum atomic E-state index is 13.5. The van der Waals surface area contributed by atoms with E-state index < -0.39 is 6.10 Å². The zero-order valence-corrected chi connectivity index (χ0v) is 20.4. The van der Waals surface area contributed by atoms with E-state index >= 15 is 0 Å². The Labute approximate surface area is 189 Å². The molecule has 0 aromatic heterocycles. The van der Waals surface area contributed by atoms with Crippen LogP contribution < -0.4 is 0 Å². The fourth-order valence-electron chi connectivity index (χ4n) is 8.16. The van der Waals surface area contributed by atoms with Crippen molar-refractivity contribution in [1.82, 2.24) is 0 Å². The summed E-state index contributed by atoms with van der Waals surface area (Å²) in [6.07, 6.45) is 7.38. The number of hydrogen-bond donors (Lipinski definition) is 2. The van der Waals surface area contributed by atoms with E-state index in [2.05, 4.69) is 41.2 Å². The normalized spacial score (nSPS) is 43.5. The number of aliphatic hydroxyl groups is 2. The van der Waals surface area contributed by atoms with E-state index in [1.165, 1.54) is 5.57 Å². The molecule has 2 saturated carbocycles. The number of hydrogen-bond acceptors (Lipinski definition) is 3. The summed E-state index contributed by atoms with van der Waals surface area (Å²) in [5.74, 6) is 2.40. The Morgan fingerprint density at radius 3 is 2.55 bits per heavy atom. The van der Waals surface area contributed by atoms with Gasteiger partial charge >= 0.3 is 0 Å². The molecule has 0 aromatic rings. The van der Waals surface area contributed by atoms with Crippen LogP contribution in [0.3, 0.4) is 0 Å². The van der Waals surface area contributed by atoms with Crippen molar-refractivity contribution in [2.45, 2.75) is 105 Å². The van der Waals surface area contributed by atoms with Gasteiger partial charge in [-0.1, -0.05) is 46.8 Å². The Morgan fingerprint density at radius 1 is 1.16 bits per heavy atom. The molecule has 8 atom stereocenters. The van der Waals surface area contributed by atoms with Crippen LogP contribution in [0.25, 0.3) is 0 Å². The third kappa shape index (κ3) is 3.68. The van der Waals surface area contributed by atoms with Gasteiger partial charge in [0.05, 0.1) is 12.2 Å². The van der Waals surface area contributed by atoms with Crippen molar-refractivity contribution in [3.63, 3.8) is 0 Å². The minimum absolute atomic E-state index is 0.00384. The molecule has 0 amide bonds. The molecule has 4 rings (SSSR count). The average molecular weight is 429 g/mol. The van der Waals surface area contributed by atoms with Crippen LogP contribution in [0.15, 0.2) is 23.3 Å². The van der Waals surface area contributed by atoms with Crippen LogP contribution in [-0.2, 0) is 4.79 Å². The Kier molecular flexibility index (Phi) is 6.10. The lowest BCUT2D eigenvalue weighted by Crippen LogP contribution is -2.52. The van der Waals surface area contributed by atoms with Gasteiger partial charge in [0.25, 0.3) is 0 Å². The van der Waals surface area contributed by atoms with Gasteiger partial charge in [-0.2, -0.15) is 0 Å². The van der Waals surface area contributed by atoms with E-state index in [1.54, 1.807) is 0 Å². The quantitative estimate of drug-likeness (QED) is 0.540. The standard InChI is InChI=1S/C28H44O3/c1-16(2)17(3)7-8-18(4)21-9-10-22-25-23(30)14-19-13-20(29)11-12-27(19,5)26(25)24(31)15-28(21,22)6/h16,18-22,24,29,31H,3,7-15H2,1-2,4-6H3/t18?,19-,20+,21-,22+,24-,27+,28-/m1/s1. The molecule has 0 bridgehead atoms. The molecule has 0 radical (unpaired) electrons. The smallest absolute Gasteiger partial charge is 0.159 e. The SMILES string of the molecule is C=C(CCC(C)[C@H]1CC[C@H]2C3=C([C@H](O)C[C@]12C)[C@@]1(C)CC[C@H](O)C[C@@H]1CC3=O)C(C)C. The second kappa shape index (κ2) is 8.13. The number of ketones is 1. The highest BCUT2D eigenvalue weighted by molar-refractivity contribution is 5.99. The molecule has 3 nitrogen and oxygen atoms in total. The zero-order valence-electron chi connectivity index (χ0n) is 20.4. The lowest BCUT2D eigenvalue weighted by atomic mass is 9.49. The maximum Gasteiger partial charge on any atom is 0.159 e. The number of carbonyl (C=O) groups excluding carboxylic acids is 1. The highest BCUT2D eigenvalue weighted by Gasteiger charge is 2.60. The molecule has 31 heavy (non-hydrogen) atoms. The van der Waals surface area contributed by atoms with Crippen LogP contribution >= 0.6 is 0 Å². The molecule has 4 aliphatic rings. The molecule has 2 fully saturated rings. The predicted molar refractivity (Wildman–Crippen MR) is 125 cm³/mol. The van der Waals surface area contributed by atoms with Crippen LogP contribution in [0, 0.1) is 40.4 Å². The van der Waals surface area contributed by atoms with Crippen molar-refractivity contribution in [3.05, 3.63) is 23.3 Å². The highest BCUT2D eigenvalue weighted by atomic mass is 16.3. The summed E-state index contributed by atoms with van der Waals surface area (Å²) in [7, 11) is 0. The van der Waals surface area contributed by atoms with Crippen LogP contribution in [-0.4, -0.2) is 28.2 Å². The van der Waals surface area contributed by atoms with Crippen LogP contribution in [0.5, 0.6) is 0 Å². The monoisotopic (exact) mass is 428 g/mol. The van der Waals surface area contributed by atoms with E-state index in [4.69, 9.17) is 0 Å². The average Bonchev–Trinajstić information content (AvgIpc) is 3.03. The summed E-state index contributed by atoms with van der Waals surface area (Å²) in [5.41, 5.74) is 3.30. The van der Waals surface area contributed by atoms with E-state index in [0.717, 1.165) is 56.1 Å². The van der Waals surface area contributed by atoms with Crippen molar-refractivity contribution in [1.29, 1.82) is 0 Å². The van der Waals surface area contributed by atoms with Crippen LogP contribution in [0.2, 0.25) is 0 Å². The molecular formula is C28H44O3. The van der Waals surface area contributed by atoms with Crippen LogP contribution in [0.4, 0.5) is 0 Å². The van der Waals surface area contributed by atoms with Gasteiger partial charge in [-0.05, 0) is 97.4 Å². The molecular weight excluding hydrogens is 384 g/mol. The van der Waals surface area contributed by atoms with Crippen molar-refractivity contribution < 1.29 is 15.0 Å². The minimum Gasteiger partial charge on any atom is -0.393 e. The summed E-state index contributed by atoms with van der Waals surface area (Å²) in [5, 5.41) is 21.7. The number of allylic oxidation sites excluding steroid dienone is 2. The summed E-state index contributed by atoms with van der Waals surface area (Å²) >= 11 is 0. The number of rotatable bonds is 5. The Balaban J connectivity index is 1.63. The number of carbonyl (C=O) groups is 1. The highest BCUT2D eigenvalue weighted by Crippen LogP contribution is 2.65. The van der Waals surface area contributed by atoms with Gasteiger partial charge < -0.3 is 10.2 Å². The van der Waals surface area contributed by atoms with Gasteiger partial charge in [0.2, 0.25) is 0 Å². The van der Waals surface area contributed by atoms with Gasteiger partial charge in [-0.25, -0.2) is 0 Å². The first-order valence-electron chi connectivity index (χ1n) is 12.8. The minimum atomic E-state index is -0.512. The first-order valence-corrected chi connectivity index (χ1v) is 12.8. The molecule has 0 saturated heterocycles. The third-order valence-electron chi connectivity index (χ3n) is 10.2. The molecule has 174 valence electrons. The molecule has 0 spiro atoms. The lowest BCUT2D eigenvalue weighted by Gasteiger charge is -2.55. The van der Waals surface area contributed by atoms with E-state index in [9.17, 15) is 15.0 Å². The molecule has 3 heteroatoms. The first-order chi connectivity index (χ1) is 14.5. The van der Waals surface area contributed by atoms with Crippen molar-refractivity contribution in [2.24, 2.45) is 40.4 Å². The second-order valence-corrected chi connectivity index (χ2v) is 12.3. The van der Waals surface area contributed by atoms with Crippen LogP contribution in [0.1, 0.15) is 92.4 Å². The molecule has 0 heterocycles. The fraction of sp³-hybridized carbons (Fsp3) is 0.821. The first kappa shape index (κ1) is 23.2. The van der Waals surface area contributed by atoms with Crippen molar-refractivity contribution in [3.8, 4) is 0 Å². The van der Waals surface area contributed by atoms with Crippen molar-refractivity contribution in [2.75, 3.05) is 0 Å². The van der Waals surface area contributed by atoms with Gasteiger partial charge in [0, 0.05) is 12.0 Å². The molecule has 1 unspecified atom stereocenters. The lowest BCUT2D eigenvalue weighted by molar-refractivity contribution is -0.123. The van der Waals surface area contributed by atoms with E-state index in [1.807, 2.05) is 0 Å². The number of fused-ring (bicyclic) bond motifs is 4. The molecule has 0 aliphatic heterocycles.